The Bertz CT molecular complexity index is 747. The minimum absolute atomic E-state index is 0.0181. The summed E-state index contributed by atoms with van der Waals surface area (Å²) in [5.41, 5.74) is 2.96. The maximum atomic E-state index is 13.2. The molecule has 3 aliphatic heterocycles. The summed E-state index contributed by atoms with van der Waals surface area (Å²) in [4.78, 5) is 29.1. The first-order valence-corrected chi connectivity index (χ1v) is 10.9. The third-order valence-corrected chi connectivity index (χ3v) is 7.39. The number of hydrogen-bond acceptors (Lipinski definition) is 4. The van der Waals surface area contributed by atoms with E-state index in [0.29, 0.717) is 23.7 Å². The van der Waals surface area contributed by atoms with Crippen molar-refractivity contribution < 1.29 is 14.3 Å². The van der Waals surface area contributed by atoms with Gasteiger partial charge in [-0.05, 0) is 50.3 Å². The summed E-state index contributed by atoms with van der Waals surface area (Å²) in [6.45, 7) is 7.05. The van der Waals surface area contributed by atoms with Crippen LogP contribution < -0.4 is 9.80 Å². The van der Waals surface area contributed by atoms with Crippen molar-refractivity contribution in [2.24, 2.45) is 0 Å². The molecule has 0 spiro atoms. The first-order chi connectivity index (χ1) is 13.0. The first kappa shape index (κ1) is 18.8. The molecule has 27 heavy (non-hydrogen) atoms. The molecule has 0 aromatic heterocycles. The number of carbonyl (C=O) groups is 2. The van der Waals surface area contributed by atoms with Crippen molar-refractivity contribution in [3.05, 3.63) is 23.8 Å². The van der Waals surface area contributed by atoms with Crippen molar-refractivity contribution in [3.63, 3.8) is 0 Å². The Morgan fingerprint density at radius 2 is 1.96 bits per heavy atom. The van der Waals surface area contributed by atoms with Crippen molar-refractivity contribution in [2.75, 3.05) is 23.0 Å². The van der Waals surface area contributed by atoms with Crippen LogP contribution >= 0.6 is 11.8 Å². The molecule has 2 saturated heterocycles. The minimum atomic E-state index is -0.349. The summed E-state index contributed by atoms with van der Waals surface area (Å²) in [5, 5.41) is 1.14. The summed E-state index contributed by atoms with van der Waals surface area (Å²) < 4.78 is 5.66. The Hall–Kier alpha value is -1.53. The maximum Gasteiger partial charge on any atom is 0.256 e. The predicted molar refractivity (Wildman–Crippen MR) is 109 cm³/mol. The Morgan fingerprint density at radius 3 is 2.59 bits per heavy atom. The molecule has 6 heteroatoms. The van der Waals surface area contributed by atoms with Gasteiger partial charge >= 0.3 is 0 Å². The highest BCUT2D eigenvalue weighted by atomic mass is 32.2. The van der Waals surface area contributed by atoms with E-state index in [4.69, 9.17) is 4.74 Å². The number of ether oxygens (including phenoxy) is 1. The monoisotopic (exact) mass is 388 g/mol. The first-order valence-electron chi connectivity index (χ1n) is 9.98. The van der Waals surface area contributed by atoms with Crippen LogP contribution in [-0.2, 0) is 14.3 Å². The van der Waals surface area contributed by atoms with E-state index >= 15 is 0 Å². The van der Waals surface area contributed by atoms with Crippen molar-refractivity contribution in [3.8, 4) is 0 Å². The molecule has 1 aromatic rings. The molecule has 1 aromatic carbocycles. The average Bonchev–Trinajstić information content (AvgIpc) is 3.31. The molecule has 3 unspecified atom stereocenters. The van der Waals surface area contributed by atoms with E-state index in [1.807, 2.05) is 34.6 Å². The topological polar surface area (TPSA) is 49.9 Å². The lowest BCUT2D eigenvalue weighted by atomic mass is 10.0. The van der Waals surface area contributed by atoms with Gasteiger partial charge in [0.2, 0.25) is 5.91 Å². The minimum Gasteiger partial charge on any atom is -0.368 e. The molecule has 0 aliphatic carbocycles. The normalized spacial score (nSPS) is 30.5. The van der Waals surface area contributed by atoms with Gasteiger partial charge in [0.15, 0.2) is 0 Å². The fraction of sp³-hybridized carbons (Fsp3) is 0.619. The fourth-order valence-corrected chi connectivity index (χ4v) is 5.93. The average molecular weight is 389 g/mol. The molecule has 2 amide bonds. The van der Waals surface area contributed by atoms with Crippen molar-refractivity contribution >= 4 is 35.0 Å². The highest BCUT2D eigenvalue weighted by Gasteiger charge is 2.38. The number of amides is 2. The number of nitrogens with zero attached hydrogens (tertiary/aromatic N) is 2. The quantitative estimate of drug-likeness (QED) is 0.771. The molecule has 0 bridgehead atoms. The lowest BCUT2D eigenvalue weighted by Gasteiger charge is -2.41. The van der Waals surface area contributed by atoms with E-state index in [1.54, 1.807) is 6.92 Å². The number of thioether (sulfide) groups is 1. The Morgan fingerprint density at radius 1 is 1.15 bits per heavy atom. The molecule has 0 saturated carbocycles. The van der Waals surface area contributed by atoms with E-state index < -0.39 is 0 Å². The Balaban J connectivity index is 1.73. The summed E-state index contributed by atoms with van der Waals surface area (Å²) in [6, 6.07) is 6.25. The van der Waals surface area contributed by atoms with Gasteiger partial charge in [-0.3, -0.25) is 9.59 Å². The van der Waals surface area contributed by atoms with Gasteiger partial charge in [0.05, 0.1) is 17.4 Å². The molecule has 5 nitrogen and oxygen atoms in total. The van der Waals surface area contributed by atoms with Gasteiger partial charge < -0.3 is 14.5 Å². The van der Waals surface area contributed by atoms with Gasteiger partial charge in [0.25, 0.3) is 5.91 Å². The number of fused-ring (bicyclic) bond motifs is 1. The molecule has 2 fully saturated rings. The van der Waals surface area contributed by atoms with Crippen LogP contribution in [0.2, 0.25) is 0 Å². The van der Waals surface area contributed by atoms with Gasteiger partial charge in [-0.1, -0.05) is 13.0 Å². The summed E-state index contributed by atoms with van der Waals surface area (Å²) in [7, 11) is 0. The number of hydrogen-bond donors (Lipinski definition) is 0. The van der Waals surface area contributed by atoms with Crippen LogP contribution in [-0.4, -0.2) is 42.4 Å². The fourth-order valence-electron chi connectivity index (χ4n) is 4.53. The van der Waals surface area contributed by atoms with Crippen LogP contribution in [0.5, 0.6) is 0 Å². The largest absolute Gasteiger partial charge is 0.368 e. The van der Waals surface area contributed by atoms with Crippen molar-refractivity contribution in [1.82, 2.24) is 0 Å². The van der Waals surface area contributed by atoms with Crippen LogP contribution in [0.15, 0.2) is 18.2 Å². The summed E-state index contributed by atoms with van der Waals surface area (Å²) >= 11 is 2.00. The zero-order valence-corrected chi connectivity index (χ0v) is 17.1. The van der Waals surface area contributed by atoms with Crippen molar-refractivity contribution in [1.29, 1.82) is 0 Å². The smallest absolute Gasteiger partial charge is 0.256 e. The molecule has 0 radical (unpaired) electrons. The zero-order chi connectivity index (χ0) is 19.1. The van der Waals surface area contributed by atoms with Gasteiger partial charge in [0.1, 0.15) is 6.10 Å². The molecule has 3 aliphatic rings. The Labute approximate surface area is 165 Å². The van der Waals surface area contributed by atoms with Crippen LogP contribution in [0.4, 0.5) is 11.4 Å². The van der Waals surface area contributed by atoms with E-state index in [0.717, 1.165) is 30.6 Å². The zero-order valence-electron chi connectivity index (χ0n) is 16.3. The molecule has 3 heterocycles. The van der Waals surface area contributed by atoms with Gasteiger partial charge in [0, 0.05) is 30.6 Å². The van der Waals surface area contributed by atoms with E-state index in [9.17, 15) is 9.59 Å². The van der Waals surface area contributed by atoms with Gasteiger partial charge in [-0.15, -0.1) is 0 Å². The standard InChI is InChI=1S/C21H28N2O3S/c1-13-12-22(21(25)19-5-4-10-26-19)18-11-16(20-9-6-14(2)27-20)7-8-17(18)23(13)15(3)24/h7-8,11,13-14,19-20H,4-6,9-10,12H2,1-3H3/t13-,14?,19?,20?/m0/s1. The van der Waals surface area contributed by atoms with Crippen LogP contribution in [0.3, 0.4) is 0 Å². The van der Waals surface area contributed by atoms with Crippen LogP contribution in [0.25, 0.3) is 0 Å². The molecular formula is C21H28N2O3S. The van der Waals surface area contributed by atoms with Crippen LogP contribution in [0.1, 0.15) is 57.3 Å². The number of anilines is 2. The summed E-state index contributed by atoms with van der Waals surface area (Å²) in [5.74, 6) is 0.0537. The lowest BCUT2D eigenvalue weighted by molar-refractivity contribution is -0.127. The predicted octanol–water partition coefficient (Wildman–Crippen LogP) is 3.91. The van der Waals surface area contributed by atoms with Crippen molar-refractivity contribution in [2.45, 2.75) is 69.1 Å². The summed E-state index contributed by atoms with van der Waals surface area (Å²) in [6.07, 6.45) is 3.76. The van der Waals surface area contributed by atoms with Gasteiger partial charge in [-0.25, -0.2) is 0 Å². The van der Waals surface area contributed by atoms with Crippen LogP contribution in [0, 0.1) is 0 Å². The second-order valence-electron chi connectivity index (χ2n) is 7.95. The third kappa shape index (κ3) is 3.49. The SMILES string of the molecule is CC(=O)N1c2ccc(C3CCC(C)S3)cc2N(C(=O)C2CCCO2)C[C@@H]1C. The highest BCUT2D eigenvalue weighted by Crippen LogP contribution is 2.47. The van der Waals surface area contributed by atoms with E-state index in [2.05, 4.69) is 19.1 Å². The number of carbonyl (C=O) groups excluding carboxylic acids is 2. The highest BCUT2D eigenvalue weighted by molar-refractivity contribution is 8.00. The molecule has 146 valence electrons. The number of benzene rings is 1. The molecular weight excluding hydrogens is 360 g/mol. The lowest BCUT2D eigenvalue weighted by Crippen LogP contribution is -2.53. The Kier molecular flexibility index (Phi) is 5.21. The second kappa shape index (κ2) is 7.47. The number of rotatable bonds is 2. The third-order valence-electron chi connectivity index (χ3n) is 5.85. The second-order valence-corrected chi connectivity index (χ2v) is 9.60. The van der Waals surface area contributed by atoms with Gasteiger partial charge in [-0.2, -0.15) is 11.8 Å². The molecule has 4 atom stereocenters. The van der Waals surface area contributed by atoms with E-state index in [-0.39, 0.29) is 24.0 Å². The molecule has 0 N–H and O–H groups in total. The molecule has 4 rings (SSSR count). The maximum absolute atomic E-state index is 13.2. The van der Waals surface area contributed by atoms with E-state index in [1.165, 1.54) is 12.0 Å².